The van der Waals surface area contributed by atoms with Crippen molar-refractivity contribution in [2.24, 2.45) is 0 Å². The zero-order valence-corrected chi connectivity index (χ0v) is 12.3. The van der Waals surface area contributed by atoms with Crippen LogP contribution in [0.2, 0.25) is 0 Å². The summed E-state index contributed by atoms with van der Waals surface area (Å²) in [6.07, 6.45) is 0.999. The van der Waals surface area contributed by atoms with E-state index in [0.29, 0.717) is 0 Å². The minimum absolute atomic E-state index is 0.0140. The first-order chi connectivity index (χ1) is 8.48. The molecule has 1 N–H and O–H groups in total. The summed E-state index contributed by atoms with van der Waals surface area (Å²) >= 11 is 0. The Morgan fingerprint density at radius 1 is 1.17 bits per heavy atom. The molecule has 0 aliphatic rings. The van der Waals surface area contributed by atoms with Crippen LogP contribution in [0.1, 0.15) is 31.9 Å². The molecule has 0 aromatic heterocycles. The molecule has 0 saturated carbocycles. The van der Waals surface area contributed by atoms with E-state index in [1.807, 2.05) is 19.1 Å². The first kappa shape index (κ1) is 15.2. The molecule has 4 heteroatoms. The van der Waals surface area contributed by atoms with E-state index in [1.54, 1.807) is 6.92 Å². The zero-order valence-electron chi connectivity index (χ0n) is 11.4. The van der Waals surface area contributed by atoms with Crippen molar-refractivity contribution in [2.45, 2.75) is 39.8 Å². The van der Waals surface area contributed by atoms with E-state index in [4.69, 9.17) is 0 Å². The van der Waals surface area contributed by atoms with E-state index >= 15 is 0 Å². The topological polar surface area (TPSA) is 46.2 Å². The van der Waals surface area contributed by atoms with E-state index in [1.165, 1.54) is 11.1 Å². The number of nitrogens with one attached hydrogen (secondary N) is 1. The molecule has 0 fully saturated rings. The standard InChI is InChI=1S/C14H23NO2S/c1-4-13-8-6-7-9-14(13)10-15-12(3)11-18(16,17)5-2/h6-9,12,15H,4-5,10-11H2,1-3H3. The van der Waals surface area contributed by atoms with E-state index < -0.39 is 9.84 Å². The monoisotopic (exact) mass is 269 g/mol. The highest BCUT2D eigenvalue weighted by atomic mass is 32.2. The van der Waals surface area contributed by atoms with Crippen LogP contribution in [0.5, 0.6) is 0 Å². The van der Waals surface area contributed by atoms with Crippen LogP contribution < -0.4 is 5.32 Å². The number of sulfone groups is 1. The molecule has 1 atom stereocenters. The molecule has 0 radical (unpaired) electrons. The lowest BCUT2D eigenvalue weighted by Gasteiger charge is -2.15. The van der Waals surface area contributed by atoms with Crippen molar-refractivity contribution in [3.05, 3.63) is 35.4 Å². The lowest BCUT2D eigenvalue weighted by molar-refractivity contribution is 0.556. The molecule has 102 valence electrons. The predicted molar refractivity (Wildman–Crippen MR) is 76.4 cm³/mol. The van der Waals surface area contributed by atoms with Gasteiger partial charge in [0.25, 0.3) is 0 Å². The van der Waals surface area contributed by atoms with Crippen LogP contribution in [-0.2, 0) is 22.8 Å². The fraction of sp³-hybridized carbons (Fsp3) is 0.571. The Hall–Kier alpha value is -0.870. The minimum Gasteiger partial charge on any atom is -0.309 e. The Bertz CT molecular complexity index is 468. The van der Waals surface area contributed by atoms with Gasteiger partial charge >= 0.3 is 0 Å². The molecule has 0 bridgehead atoms. The summed E-state index contributed by atoms with van der Waals surface area (Å²) in [5.74, 6) is 0.419. The van der Waals surface area contributed by atoms with Crippen LogP contribution in [0, 0.1) is 0 Å². The number of benzene rings is 1. The maximum absolute atomic E-state index is 11.5. The summed E-state index contributed by atoms with van der Waals surface area (Å²) in [4.78, 5) is 0. The summed E-state index contributed by atoms with van der Waals surface area (Å²) in [6.45, 7) is 6.46. The molecule has 18 heavy (non-hydrogen) atoms. The van der Waals surface area contributed by atoms with Crippen molar-refractivity contribution in [2.75, 3.05) is 11.5 Å². The quantitative estimate of drug-likeness (QED) is 0.825. The molecular formula is C14H23NO2S. The Balaban J connectivity index is 2.55. The van der Waals surface area contributed by atoms with Gasteiger partial charge in [-0.1, -0.05) is 38.1 Å². The molecule has 0 aliphatic heterocycles. The Morgan fingerprint density at radius 2 is 1.78 bits per heavy atom. The second kappa shape index (κ2) is 6.90. The van der Waals surface area contributed by atoms with Gasteiger partial charge in [-0.15, -0.1) is 0 Å². The molecule has 0 heterocycles. The van der Waals surface area contributed by atoms with Crippen LogP contribution in [-0.4, -0.2) is 26.0 Å². The third-order valence-corrected chi connectivity index (χ3v) is 4.97. The summed E-state index contributed by atoms with van der Waals surface area (Å²) in [7, 11) is -2.90. The molecule has 0 spiro atoms. The van der Waals surface area contributed by atoms with Gasteiger partial charge < -0.3 is 5.32 Å². The highest BCUT2D eigenvalue weighted by Crippen LogP contribution is 2.09. The Kier molecular flexibility index (Phi) is 5.82. The lowest BCUT2D eigenvalue weighted by Crippen LogP contribution is -2.33. The van der Waals surface area contributed by atoms with E-state index in [9.17, 15) is 8.42 Å². The van der Waals surface area contributed by atoms with Gasteiger partial charge in [-0.05, 0) is 24.5 Å². The summed E-state index contributed by atoms with van der Waals surface area (Å²) in [6, 6.07) is 8.24. The predicted octanol–water partition coefficient (Wildman–Crippen LogP) is 2.16. The van der Waals surface area contributed by atoms with Crippen molar-refractivity contribution in [1.82, 2.24) is 5.32 Å². The largest absolute Gasteiger partial charge is 0.309 e. The van der Waals surface area contributed by atoms with Crippen LogP contribution in [0.25, 0.3) is 0 Å². The van der Waals surface area contributed by atoms with Crippen LogP contribution >= 0.6 is 0 Å². The van der Waals surface area contributed by atoms with Gasteiger partial charge in [0.15, 0.2) is 9.84 Å². The fourth-order valence-electron chi connectivity index (χ4n) is 1.92. The van der Waals surface area contributed by atoms with Gasteiger partial charge in [-0.3, -0.25) is 0 Å². The summed E-state index contributed by atoms with van der Waals surface area (Å²) < 4.78 is 23.0. The highest BCUT2D eigenvalue weighted by molar-refractivity contribution is 7.91. The minimum atomic E-state index is -2.90. The van der Waals surface area contributed by atoms with Crippen molar-refractivity contribution in [3.8, 4) is 0 Å². The van der Waals surface area contributed by atoms with Gasteiger partial charge in [0, 0.05) is 18.3 Å². The third kappa shape index (κ3) is 4.78. The highest BCUT2D eigenvalue weighted by Gasteiger charge is 2.13. The lowest BCUT2D eigenvalue weighted by atomic mass is 10.1. The molecule has 3 nitrogen and oxygen atoms in total. The molecule has 0 saturated heterocycles. The molecule has 1 unspecified atom stereocenters. The zero-order chi connectivity index (χ0) is 13.6. The molecule has 1 aromatic rings. The number of hydrogen-bond donors (Lipinski definition) is 1. The molecule has 1 aromatic carbocycles. The van der Waals surface area contributed by atoms with Gasteiger partial charge in [-0.25, -0.2) is 8.42 Å². The van der Waals surface area contributed by atoms with Gasteiger partial charge in [0.1, 0.15) is 0 Å². The second-order valence-electron chi connectivity index (χ2n) is 4.60. The van der Waals surface area contributed by atoms with Gasteiger partial charge in [0.2, 0.25) is 0 Å². The summed E-state index contributed by atoms with van der Waals surface area (Å²) in [5.41, 5.74) is 2.57. The molecule has 1 rings (SSSR count). The first-order valence-electron chi connectivity index (χ1n) is 6.49. The van der Waals surface area contributed by atoms with Gasteiger partial charge in [-0.2, -0.15) is 0 Å². The van der Waals surface area contributed by atoms with Crippen molar-refractivity contribution in [1.29, 1.82) is 0 Å². The second-order valence-corrected chi connectivity index (χ2v) is 7.00. The van der Waals surface area contributed by atoms with E-state index in [-0.39, 0.29) is 17.5 Å². The van der Waals surface area contributed by atoms with Crippen molar-refractivity contribution < 1.29 is 8.42 Å². The Morgan fingerprint density at radius 3 is 2.33 bits per heavy atom. The average molecular weight is 269 g/mol. The average Bonchev–Trinajstić information content (AvgIpc) is 2.36. The third-order valence-electron chi connectivity index (χ3n) is 3.08. The number of aryl methyl sites for hydroxylation is 1. The molecular weight excluding hydrogens is 246 g/mol. The normalized spacial score (nSPS) is 13.5. The smallest absolute Gasteiger partial charge is 0.151 e. The first-order valence-corrected chi connectivity index (χ1v) is 8.31. The number of hydrogen-bond acceptors (Lipinski definition) is 3. The van der Waals surface area contributed by atoms with Crippen LogP contribution in [0.15, 0.2) is 24.3 Å². The van der Waals surface area contributed by atoms with Gasteiger partial charge in [0.05, 0.1) is 5.75 Å². The Labute approximate surface area is 111 Å². The molecule has 0 aliphatic carbocycles. The van der Waals surface area contributed by atoms with Crippen molar-refractivity contribution in [3.63, 3.8) is 0 Å². The van der Waals surface area contributed by atoms with Crippen LogP contribution in [0.4, 0.5) is 0 Å². The summed E-state index contributed by atoms with van der Waals surface area (Å²) in [5, 5.41) is 3.28. The SMILES string of the molecule is CCc1ccccc1CNC(C)CS(=O)(=O)CC. The maximum Gasteiger partial charge on any atom is 0.151 e. The fourth-order valence-corrected chi connectivity index (χ4v) is 3.03. The van der Waals surface area contributed by atoms with Crippen LogP contribution in [0.3, 0.4) is 0 Å². The van der Waals surface area contributed by atoms with Crippen molar-refractivity contribution >= 4 is 9.84 Å². The number of rotatable bonds is 7. The van der Waals surface area contributed by atoms with E-state index in [2.05, 4.69) is 24.4 Å². The van der Waals surface area contributed by atoms with E-state index in [0.717, 1.165) is 13.0 Å². The molecule has 0 amide bonds. The maximum atomic E-state index is 11.5.